The zero-order chi connectivity index (χ0) is 17.6. The third-order valence-corrected chi connectivity index (χ3v) is 4.20. The van der Waals surface area contributed by atoms with Crippen molar-refractivity contribution in [2.24, 2.45) is 5.10 Å². The van der Waals surface area contributed by atoms with Crippen LogP contribution in [0.5, 0.6) is 0 Å². The van der Waals surface area contributed by atoms with Crippen molar-refractivity contribution in [3.8, 4) is 0 Å². The lowest BCUT2D eigenvalue weighted by atomic mass is 10.1. The molecule has 1 aromatic heterocycles. The predicted octanol–water partition coefficient (Wildman–Crippen LogP) is 3.82. The molecule has 4 nitrogen and oxygen atoms in total. The fraction of sp³-hybridized carbons (Fsp3) is 0.200. The van der Waals surface area contributed by atoms with E-state index < -0.39 is 0 Å². The van der Waals surface area contributed by atoms with Gasteiger partial charge < -0.3 is 9.88 Å². The standard InChI is InChI=1S/C20H22N4S/c1-3-21-20(25)23-22-12-17-14-24(19-10-5-4-9-18(17)19)13-16-8-6-7-15(2)11-16/h4-12,14H,3,13H2,1-2H3,(H2,21,23,25)/b22-12-. The molecule has 0 atom stereocenters. The molecule has 2 aromatic carbocycles. The molecule has 0 saturated carbocycles. The number of thiocarbonyl (C=S) groups is 1. The van der Waals surface area contributed by atoms with Gasteiger partial charge in [0.2, 0.25) is 0 Å². The summed E-state index contributed by atoms with van der Waals surface area (Å²) in [5, 5.41) is 8.97. The Bertz CT molecular complexity index is 911. The molecule has 0 amide bonds. The van der Waals surface area contributed by atoms with E-state index in [1.807, 2.05) is 19.2 Å². The lowest BCUT2D eigenvalue weighted by Crippen LogP contribution is -2.31. The van der Waals surface area contributed by atoms with E-state index in [1.165, 1.54) is 22.0 Å². The lowest BCUT2D eigenvalue weighted by molar-refractivity contribution is 0.835. The second-order valence-corrected chi connectivity index (χ2v) is 6.36. The molecular weight excluding hydrogens is 328 g/mol. The number of para-hydroxylation sites is 1. The smallest absolute Gasteiger partial charge is 0.186 e. The van der Waals surface area contributed by atoms with Gasteiger partial charge >= 0.3 is 0 Å². The molecule has 0 unspecified atom stereocenters. The number of aryl methyl sites for hydroxylation is 1. The zero-order valence-corrected chi connectivity index (χ0v) is 15.3. The first-order valence-corrected chi connectivity index (χ1v) is 8.78. The lowest BCUT2D eigenvalue weighted by Gasteiger charge is -2.06. The van der Waals surface area contributed by atoms with Crippen molar-refractivity contribution in [3.05, 3.63) is 71.4 Å². The Labute approximate surface area is 153 Å². The maximum atomic E-state index is 5.13. The van der Waals surface area contributed by atoms with Crippen LogP contribution < -0.4 is 10.7 Å². The molecule has 0 radical (unpaired) electrons. The van der Waals surface area contributed by atoms with Crippen molar-refractivity contribution in [1.82, 2.24) is 15.3 Å². The number of rotatable bonds is 5. The summed E-state index contributed by atoms with van der Waals surface area (Å²) in [4.78, 5) is 0. The molecule has 0 spiro atoms. The van der Waals surface area contributed by atoms with Crippen LogP contribution in [0, 0.1) is 6.92 Å². The molecule has 1 heterocycles. The first-order valence-electron chi connectivity index (χ1n) is 8.37. The highest BCUT2D eigenvalue weighted by Gasteiger charge is 2.07. The van der Waals surface area contributed by atoms with Crippen molar-refractivity contribution in [2.45, 2.75) is 20.4 Å². The predicted molar refractivity (Wildman–Crippen MR) is 109 cm³/mol. The van der Waals surface area contributed by atoms with E-state index in [0.717, 1.165) is 18.7 Å². The maximum Gasteiger partial charge on any atom is 0.186 e. The van der Waals surface area contributed by atoms with Crippen molar-refractivity contribution in [2.75, 3.05) is 6.54 Å². The molecule has 0 aliphatic carbocycles. The Kier molecular flexibility index (Phi) is 5.46. The van der Waals surface area contributed by atoms with E-state index in [-0.39, 0.29) is 0 Å². The Hall–Kier alpha value is -2.66. The summed E-state index contributed by atoms with van der Waals surface area (Å²) in [6, 6.07) is 17.0. The van der Waals surface area contributed by atoms with Gasteiger partial charge in [-0.3, -0.25) is 5.43 Å². The third-order valence-electron chi connectivity index (χ3n) is 3.96. The second-order valence-electron chi connectivity index (χ2n) is 5.95. The van der Waals surface area contributed by atoms with Gasteiger partial charge in [0.15, 0.2) is 5.11 Å². The van der Waals surface area contributed by atoms with Gasteiger partial charge in [-0.05, 0) is 37.7 Å². The molecule has 5 heteroatoms. The second kappa shape index (κ2) is 7.94. The topological polar surface area (TPSA) is 41.4 Å². The number of hydrogen-bond donors (Lipinski definition) is 2. The van der Waals surface area contributed by atoms with Crippen LogP contribution >= 0.6 is 12.2 Å². The summed E-state index contributed by atoms with van der Waals surface area (Å²) in [5.74, 6) is 0. The zero-order valence-electron chi connectivity index (χ0n) is 14.5. The monoisotopic (exact) mass is 350 g/mol. The molecule has 0 fully saturated rings. The fourth-order valence-corrected chi connectivity index (χ4v) is 3.07. The molecular formula is C20H22N4S. The van der Waals surface area contributed by atoms with Gasteiger partial charge in [-0.25, -0.2) is 0 Å². The molecule has 0 saturated heterocycles. The van der Waals surface area contributed by atoms with Crippen molar-refractivity contribution in [3.63, 3.8) is 0 Å². The minimum Gasteiger partial charge on any atom is -0.362 e. The van der Waals surface area contributed by atoms with Crippen LogP contribution in [-0.2, 0) is 6.54 Å². The molecule has 2 N–H and O–H groups in total. The molecule has 0 aliphatic rings. The van der Waals surface area contributed by atoms with Crippen LogP contribution in [0.15, 0.2) is 59.8 Å². The number of fused-ring (bicyclic) bond motifs is 1. The number of nitrogens with one attached hydrogen (secondary N) is 2. The summed E-state index contributed by atoms with van der Waals surface area (Å²) >= 11 is 5.13. The van der Waals surface area contributed by atoms with Gasteiger partial charge in [-0.15, -0.1) is 0 Å². The van der Waals surface area contributed by atoms with E-state index in [0.29, 0.717) is 5.11 Å². The molecule has 3 rings (SSSR count). The minimum atomic E-state index is 0.530. The van der Waals surface area contributed by atoms with E-state index in [2.05, 4.69) is 76.0 Å². The van der Waals surface area contributed by atoms with Gasteiger partial charge in [0.1, 0.15) is 0 Å². The highest BCUT2D eigenvalue weighted by atomic mass is 32.1. The molecule has 128 valence electrons. The highest BCUT2D eigenvalue weighted by Crippen LogP contribution is 2.21. The first kappa shape index (κ1) is 17.2. The van der Waals surface area contributed by atoms with Gasteiger partial charge in [-0.2, -0.15) is 5.10 Å². The minimum absolute atomic E-state index is 0.530. The van der Waals surface area contributed by atoms with Crippen LogP contribution in [0.3, 0.4) is 0 Å². The third kappa shape index (κ3) is 4.25. The van der Waals surface area contributed by atoms with E-state index in [4.69, 9.17) is 12.2 Å². The number of benzene rings is 2. The molecule has 25 heavy (non-hydrogen) atoms. The summed E-state index contributed by atoms with van der Waals surface area (Å²) in [5.41, 5.74) is 7.67. The molecule has 0 bridgehead atoms. The average molecular weight is 350 g/mol. The van der Waals surface area contributed by atoms with Gasteiger partial charge in [-0.1, -0.05) is 48.0 Å². The van der Waals surface area contributed by atoms with E-state index >= 15 is 0 Å². The first-order chi connectivity index (χ1) is 12.2. The Morgan fingerprint density at radius 1 is 1.20 bits per heavy atom. The van der Waals surface area contributed by atoms with Gasteiger partial charge in [0, 0.05) is 35.8 Å². The van der Waals surface area contributed by atoms with Crippen LogP contribution in [0.1, 0.15) is 23.6 Å². The number of aromatic nitrogens is 1. The molecule has 0 aliphatic heterocycles. The summed E-state index contributed by atoms with van der Waals surface area (Å²) in [6.45, 7) is 5.72. The summed E-state index contributed by atoms with van der Waals surface area (Å²) in [7, 11) is 0. The van der Waals surface area contributed by atoms with Crippen LogP contribution in [-0.4, -0.2) is 22.4 Å². The van der Waals surface area contributed by atoms with Gasteiger partial charge in [0.05, 0.1) is 6.21 Å². The van der Waals surface area contributed by atoms with Crippen LogP contribution in [0.25, 0.3) is 10.9 Å². The summed E-state index contributed by atoms with van der Waals surface area (Å²) < 4.78 is 2.26. The van der Waals surface area contributed by atoms with Crippen molar-refractivity contribution in [1.29, 1.82) is 0 Å². The van der Waals surface area contributed by atoms with Gasteiger partial charge in [0.25, 0.3) is 0 Å². The van der Waals surface area contributed by atoms with E-state index in [1.54, 1.807) is 0 Å². The fourth-order valence-electron chi connectivity index (χ4n) is 2.88. The maximum absolute atomic E-state index is 5.13. The van der Waals surface area contributed by atoms with Crippen LogP contribution in [0.4, 0.5) is 0 Å². The Balaban J connectivity index is 1.87. The highest BCUT2D eigenvalue weighted by molar-refractivity contribution is 7.80. The quantitative estimate of drug-likeness (QED) is 0.418. The Morgan fingerprint density at radius 2 is 2.04 bits per heavy atom. The number of nitrogens with zero attached hydrogens (tertiary/aromatic N) is 2. The normalized spacial score (nSPS) is 11.1. The summed E-state index contributed by atoms with van der Waals surface area (Å²) in [6.07, 6.45) is 3.95. The van der Waals surface area contributed by atoms with Crippen molar-refractivity contribution >= 4 is 34.4 Å². The number of hydrogen-bond acceptors (Lipinski definition) is 2. The average Bonchev–Trinajstić information content (AvgIpc) is 2.93. The van der Waals surface area contributed by atoms with E-state index in [9.17, 15) is 0 Å². The molecule has 3 aromatic rings. The number of hydrazone groups is 1. The largest absolute Gasteiger partial charge is 0.362 e. The Morgan fingerprint density at radius 3 is 2.84 bits per heavy atom. The van der Waals surface area contributed by atoms with Crippen LogP contribution in [0.2, 0.25) is 0 Å². The van der Waals surface area contributed by atoms with Crippen molar-refractivity contribution < 1.29 is 0 Å². The SMILES string of the molecule is CCNC(=S)N/N=C\c1cn(Cc2cccc(C)c2)c2ccccc12.